The Morgan fingerprint density at radius 2 is 1.85 bits per heavy atom. The van der Waals surface area contributed by atoms with Crippen molar-refractivity contribution < 1.29 is 14.3 Å². The molecule has 1 aliphatic heterocycles. The molecule has 0 fully saturated rings. The van der Waals surface area contributed by atoms with Crippen LogP contribution in [0.1, 0.15) is 41.1 Å². The van der Waals surface area contributed by atoms with Crippen molar-refractivity contribution in [1.82, 2.24) is 0 Å². The Morgan fingerprint density at radius 3 is 2.41 bits per heavy atom. The highest BCUT2D eigenvalue weighted by Gasteiger charge is 2.38. The lowest BCUT2D eigenvalue weighted by Crippen LogP contribution is -2.53. The largest absolute Gasteiger partial charge is 0.449 e. The topological polar surface area (TPSA) is 49.9 Å². The zero-order valence-electron chi connectivity index (χ0n) is 15.9. The number of carbonyl (C=O) groups excluding carboxylic acids is 2. The van der Waals surface area contributed by atoms with Gasteiger partial charge in [0.25, 0.3) is 5.91 Å². The van der Waals surface area contributed by atoms with Crippen LogP contribution < -0.4 is 9.80 Å². The maximum atomic E-state index is 13.2. The van der Waals surface area contributed by atoms with Crippen LogP contribution in [0.5, 0.6) is 0 Å². The Hall–Kier alpha value is -2.05. The van der Waals surface area contributed by atoms with E-state index in [4.69, 9.17) is 16.3 Å². The summed E-state index contributed by atoms with van der Waals surface area (Å²) >= 11 is 7.29. The van der Waals surface area contributed by atoms with E-state index in [0.717, 1.165) is 16.8 Å². The molecule has 2 heterocycles. The quantitative estimate of drug-likeness (QED) is 0.683. The highest BCUT2D eigenvalue weighted by atomic mass is 35.5. The molecule has 1 atom stereocenters. The predicted molar refractivity (Wildman–Crippen MR) is 111 cm³/mol. The number of fused-ring (bicyclic) bond motifs is 1. The molecule has 0 radical (unpaired) electrons. The van der Waals surface area contributed by atoms with Gasteiger partial charge in [0.05, 0.1) is 33.2 Å². The third-order valence-electron chi connectivity index (χ3n) is 4.86. The van der Waals surface area contributed by atoms with Gasteiger partial charge in [0.2, 0.25) is 0 Å². The van der Waals surface area contributed by atoms with Crippen LogP contribution >= 0.6 is 22.9 Å². The molecule has 2 aromatic rings. The Kier molecular flexibility index (Phi) is 5.77. The number of hydrogen-bond donors (Lipinski definition) is 0. The van der Waals surface area contributed by atoms with Gasteiger partial charge in [0.15, 0.2) is 0 Å². The molecule has 27 heavy (non-hydrogen) atoms. The number of hydrogen-bond acceptors (Lipinski definition) is 4. The standard InChI is InChI=1S/C20H23ClN2O3S/c1-5-14-11-22(19(24)17-7-8-18(21)27-17)15-9-12(3)13(4)10-16(15)23(14)20(25)26-6-2/h7-10,14H,5-6,11H2,1-4H3. The van der Waals surface area contributed by atoms with E-state index in [2.05, 4.69) is 0 Å². The van der Waals surface area contributed by atoms with Crippen molar-refractivity contribution in [1.29, 1.82) is 0 Å². The van der Waals surface area contributed by atoms with Crippen LogP contribution in [0, 0.1) is 13.8 Å². The summed E-state index contributed by atoms with van der Waals surface area (Å²) in [6.45, 7) is 8.52. The number of ether oxygens (including phenoxy) is 1. The summed E-state index contributed by atoms with van der Waals surface area (Å²) in [5.74, 6) is -0.0987. The number of carbonyl (C=O) groups is 2. The molecular formula is C20H23ClN2O3S. The highest BCUT2D eigenvalue weighted by molar-refractivity contribution is 7.18. The molecule has 1 aromatic heterocycles. The van der Waals surface area contributed by atoms with Gasteiger partial charge in [-0.2, -0.15) is 0 Å². The number of benzene rings is 1. The number of thiophene rings is 1. The fourth-order valence-electron chi connectivity index (χ4n) is 3.29. The van der Waals surface area contributed by atoms with Crippen LogP contribution in [0.4, 0.5) is 16.2 Å². The van der Waals surface area contributed by atoms with Crippen molar-refractivity contribution in [3.05, 3.63) is 44.6 Å². The average Bonchev–Trinajstić information content (AvgIpc) is 3.07. The molecule has 0 saturated heterocycles. The van der Waals surface area contributed by atoms with E-state index >= 15 is 0 Å². The Balaban J connectivity index is 2.12. The third kappa shape index (κ3) is 3.69. The predicted octanol–water partition coefficient (Wildman–Crippen LogP) is 5.42. The minimum Gasteiger partial charge on any atom is -0.449 e. The van der Waals surface area contributed by atoms with Crippen molar-refractivity contribution in [2.45, 2.75) is 40.2 Å². The normalized spacial score (nSPS) is 16.3. The van der Waals surface area contributed by atoms with Gasteiger partial charge in [-0.25, -0.2) is 4.79 Å². The number of anilines is 2. The lowest BCUT2D eigenvalue weighted by atomic mass is 10.0. The van der Waals surface area contributed by atoms with Crippen LogP contribution in [0.3, 0.4) is 0 Å². The molecule has 0 aliphatic carbocycles. The van der Waals surface area contributed by atoms with Gasteiger partial charge in [0, 0.05) is 6.54 Å². The summed E-state index contributed by atoms with van der Waals surface area (Å²) in [5.41, 5.74) is 3.57. The molecule has 0 spiro atoms. The molecule has 2 amide bonds. The van der Waals surface area contributed by atoms with E-state index in [0.29, 0.717) is 34.5 Å². The van der Waals surface area contributed by atoms with E-state index in [1.54, 1.807) is 28.9 Å². The van der Waals surface area contributed by atoms with Crippen LogP contribution in [0.2, 0.25) is 4.34 Å². The summed E-state index contributed by atoms with van der Waals surface area (Å²) in [6.07, 6.45) is 0.334. The molecule has 0 saturated carbocycles. The Bertz CT molecular complexity index is 880. The first-order valence-electron chi connectivity index (χ1n) is 9.01. The van der Waals surface area contributed by atoms with Gasteiger partial charge < -0.3 is 9.64 Å². The van der Waals surface area contributed by atoms with Crippen LogP contribution in [-0.2, 0) is 4.74 Å². The maximum absolute atomic E-state index is 13.2. The van der Waals surface area contributed by atoms with Gasteiger partial charge in [-0.15, -0.1) is 11.3 Å². The van der Waals surface area contributed by atoms with Gasteiger partial charge in [-0.3, -0.25) is 9.69 Å². The van der Waals surface area contributed by atoms with Crippen LogP contribution in [0.15, 0.2) is 24.3 Å². The SMILES string of the molecule is CCOC(=O)N1c2cc(C)c(C)cc2N(C(=O)c2ccc(Cl)s2)CC1CC. The second kappa shape index (κ2) is 7.90. The highest BCUT2D eigenvalue weighted by Crippen LogP contribution is 2.40. The summed E-state index contributed by atoms with van der Waals surface area (Å²) in [4.78, 5) is 29.9. The van der Waals surface area contributed by atoms with Crippen LogP contribution in [-0.4, -0.2) is 31.2 Å². The molecule has 7 heteroatoms. The Morgan fingerprint density at radius 1 is 1.19 bits per heavy atom. The fraction of sp³-hybridized carbons (Fsp3) is 0.400. The van der Waals surface area contributed by atoms with Gasteiger partial charge in [-0.1, -0.05) is 18.5 Å². The molecule has 0 N–H and O–H groups in total. The number of aryl methyl sites for hydroxylation is 2. The zero-order valence-corrected chi connectivity index (χ0v) is 17.5. The first-order valence-corrected chi connectivity index (χ1v) is 10.2. The summed E-state index contributed by atoms with van der Waals surface area (Å²) in [6, 6.07) is 7.25. The Labute approximate surface area is 168 Å². The van der Waals surface area contributed by atoms with Crippen molar-refractivity contribution in [2.75, 3.05) is 23.0 Å². The molecule has 5 nitrogen and oxygen atoms in total. The lowest BCUT2D eigenvalue weighted by Gasteiger charge is -2.41. The average molecular weight is 407 g/mol. The smallest absolute Gasteiger partial charge is 0.414 e. The van der Waals surface area contributed by atoms with Crippen molar-refractivity contribution >= 4 is 46.3 Å². The van der Waals surface area contributed by atoms with Crippen LogP contribution in [0.25, 0.3) is 0 Å². The second-order valence-electron chi connectivity index (χ2n) is 6.58. The monoisotopic (exact) mass is 406 g/mol. The first-order chi connectivity index (χ1) is 12.9. The molecule has 0 bridgehead atoms. The zero-order chi connectivity index (χ0) is 19.7. The summed E-state index contributed by atoms with van der Waals surface area (Å²) in [5, 5.41) is 0. The molecule has 1 unspecified atom stereocenters. The minimum atomic E-state index is -0.375. The molecule has 144 valence electrons. The van der Waals surface area contributed by atoms with E-state index in [-0.39, 0.29) is 18.0 Å². The summed E-state index contributed by atoms with van der Waals surface area (Å²) < 4.78 is 5.87. The maximum Gasteiger partial charge on any atom is 0.414 e. The number of amides is 2. The van der Waals surface area contributed by atoms with E-state index in [9.17, 15) is 9.59 Å². The first kappa shape index (κ1) is 19.7. The number of rotatable bonds is 3. The molecule has 1 aliphatic rings. The fourth-order valence-corrected chi connectivity index (χ4v) is 4.28. The van der Waals surface area contributed by atoms with Crippen molar-refractivity contribution in [2.24, 2.45) is 0 Å². The molecule has 3 rings (SSSR count). The van der Waals surface area contributed by atoms with Gasteiger partial charge in [0.1, 0.15) is 0 Å². The molecule has 1 aromatic carbocycles. The number of halogens is 1. The van der Waals surface area contributed by atoms with Crippen molar-refractivity contribution in [3.63, 3.8) is 0 Å². The minimum absolute atomic E-state index is 0.0987. The van der Waals surface area contributed by atoms with Gasteiger partial charge >= 0.3 is 6.09 Å². The second-order valence-corrected chi connectivity index (χ2v) is 8.29. The van der Waals surface area contributed by atoms with E-state index in [1.165, 1.54) is 11.3 Å². The summed E-state index contributed by atoms with van der Waals surface area (Å²) in [7, 11) is 0. The van der Waals surface area contributed by atoms with Crippen molar-refractivity contribution in [3.8, 4) is 0 Å². The van der Waals surface area contributed by atoms with Gasteiger partial charge in [-0.05, 0) is 62.6 Å². The lowest BCUT2D eigenvalue weighted by molar-refractivity contribution is 0.0985. The molecular weight excluding hydrogens is 384 g/mol. The number of nitrogens with zero attached hydrogens (tertiary/aromatic N) is 2. The van der Waals surface area contributed by atoms with E-state index in [1.807, 2.05) is 32.9 Å². The van der Waals surface area contributed by atoms with E-state index < -0.39 is 0 Å². The third-order valence-corrected chi connectivity index (χ3v) is 6.08.